The average molecular weight is 439 g/mol. The molecule has 1 aromatic heterocycles. The minimum atomic E-state index is -0.376. The van der Waals surface area contributed by atoms with Crippen LogP contribution in [0.4, 0.5) is 5.69 Å². The third-order valence-electron chi connectivity index (χ3n) is 6.55. The highest BCUT2D eigenvalue weighted by Gasteiger charge is 2.25. The molecule has 2 N–H and O–H groups in total. The number of likely N-dealkylation sites (tertiary alicyclic amines) is 1. The molecule has 1 aliphatic heterocycles. The van der Waals surface area contributed by atoms with E-state index in [1.807, 2.05) is 25.9 Å². The minimum Gasteiger partial charge on any atom is -0.378 e. The molecule has 1 saturated heterocycles. The number of benzene rings is 1. The van der Waals surface area contributed by atoms with Crippen LogP contribution in [-0.2, 0) is 17.8 Å². The zero-order valence-electron chi connectivity index (χ0n) is 20.1. The van der Waals surface area contributed by atoms with Gasteiger partial charge in [-0.15, -0.1) is 0 Å². The van der Waals surface area contributed by atoms with E-state index >= 15 is 0 Å². The second-order valence-electron chi connectivity index (χ2n) is 9.03. The Morgan fingerprint density at radius 3 is 2.38 bits per heavy atom. The summed E-state index contributed by atoms with van der Waals surface area (Å²) in [7, 11) is 4.04. The summed E-state index contributed by atoms with van der Waals surface area (Å²) in [6.45, 7) is 6.62. The van der Waals surface area contributed by atoms with Gasteiger partial charge in [0.1, 0.15) is 0 Å². The molecule has 0 saturated carbocycles. The third-order valence-corrected chi connectivity index (χ3v) is 6.55. The molecule has 0 unspecified atom stereocenters. The Labute approximate surface area is 192 Å². The van der Waals surface area contributed by atoms with Crippen molar-refractivity contribution in [3.63, 3.8) is 0 Å². The summed E-state index contributed by atoms with van der Waals surface area (Å²) in [4.78, 5) is 28.6. The van der Waals surface area contributed by atoms with Gasteiger partial charge < -0.3 is 20.1 Å². The molecule has 3 rings (SSSR count). The maximum Gasteiger partial charge on any atom is 0.251 e. The van der Waals surface area contributed by atoms with Gasteiger partial charge in [-0.2, -0.15) is 0 Å². The van der Waals surface area contributed by atoms with Crippen LogP contribution in [0.25, 0.3) is 11.1 Å². The first-order chi connectivity index (χ1) is 15.3. The fourth-order valence-corrected chi connectivity index (χ4v) is 4.80. The molecule has 1 aromatic carbocycles. The van der Waals surface area contributed by atoms with Gasteiger partial charge in [-0.3, -0.25) is 9.59 Å². The summed E-state index contributed by atoms with van der Waals surface area (Å²) >= 11 is 0. The van der Waals surface area contributed by atoms with Crippen LogP contribution in [0, 0.1) is 6.92 Å². The second-order valence-corrected chi connectivity index (χ2v) is 9.03. The largest absolute Gasteiger partial charge is 0.378 e. The molecule has 2 aromatic rings. The number of nitrogens with two attached hydrogens (primary N) is 1. The van der Waals surface area contributed by atoms with Crippen molar-refractivity contribution in [1.82, 2.24) is 9.47 Å². The van der Waals surface area contributed by atoms with Crippen LogP contribution in [-0.4, -0.2) is 48.5 Å². The summed E-state index contributed by atoms with van der Waals surface area (Å²) in [6, 6.07) is 8.35. The molecule has 0 radical (unpaired) electrons. The maximum absolute atomic E-state index is 12.6. The van der Waals surface area contributed by atoms with Crippen molar-refractivity contribution >= 4 is 17.5 Å². The van der Waals surface area contributed by atoms with E-state index in [0.29, 0.717) is 12.0 Å². The van der Waals surface area contributed by atoms with Crippen molar-refractivity contribution in [3.05, 3.63) is 41.2 Å². The zero-order valence-corrected chi connectivity index (χ0v) is 20.1. The lowest BCUT2D eigenvalue weighted by atomic mass is 9.97. The van der Waals surface area contributed by atoms with Crippen LogP contribution in [0.5, 0.6) is 0 Å². The highest BCUT2D eigenvalue weighted by atomic mass is 16.2. The molecule has 1 aliphatic rings. The van der Waals surface area contributed by atoms with Gasteiger partial charge >= 0.3 is 0 Å². The van der Waals surface area contributed by atoms with Crippen LogP contribution in [0.1, 0.15) is 67.2 Å². The van der Waals surface area contributed by atoms with Crippen LogP contribution < -0.4 is 10.6 Å². The van der Waals surface area contributed by atoms with Gasteiger partial charge in [-0.05, 0) is 50.3 Å². The van der Waals surface area contributed by atoms with E-state index in [0.717, 1.165) is 80.7 Å². The molecular weight excluding hydrogens is 400 g/mol. The first-order valence-corrected chi connectivity index (χ1v) is 11.9. The maximum atomic E-state index is 12.6. The predicted octanol–water partition coefficient (Wildman–Crippen LogP) is 4.37. The Hall–Kier alpha value is -2.76. The highest BCUT2D eigenvalue weighted by molar-refractivity contribution is 6.02. The summed E-state index contributed by atoms with van der Waals surface area (Å²) in [5.41, 5.74) is 11.8. The number of hydrogen-bond acceptors (Lipinski definition) is 3. The molecule has 32 heavy (non-hydrogen) atoms. The summed E-state index contributed by atoms with van der Waals surface area (Å²) in [6.07, 6.45) is 6.79. The van der Waals surface area contributed by atoms with Crippen LogP contribution in [0.3, 0.4) is 0 Å². The third kappa shape index (κ3) is 5.17. The van der Waals surface area contributed by atoms with Crippen molar-refractivity contribution < 1.29 is 9.59 Å². The first-order valence-electron chi connectivity index (χ1n) is 11.9. The lowest BCUT2D eigenvalue weighted by Gasteiger charge is -2.18. The molecule has 0 atom stereocenters. The van der Waals surface area contributed by atoms with Crippen molar-refractivity contribution in [2.75, 3.05) is 32.1 Å². The lowest BCUT2D eigenvalue weighted by molar-refractivity contribution is -0.127. The number of amides is 2. The van der Waals surface area contributed by atoms with Crippen molar-refractivity contribution in [3.8, 4) is 11.1 Å². The van der Waals surface area contributed by atoms with Crippen molar-refractivity contribution in [2.45, 2.75) is 65.3 Å². The summed E-state index contributed by atoms with van der Waals surface area (Å²) < 4.78 is 2.28. The Kier molecular flexibility index (Phi) is 7.99. The van der Waals surface area contributed by atoms with E-state index in [4.69, 9.17) is 5.73 Å². The standard InChI is InChI=1S/C26H38N4O2/c1-5-6-7-10-22-25(20-12-14-21(15-13-20)28(3)4)24(26(27)32)19(2)30(22)18-9-17-29-16-8-11-23(29)31/h12-15H,5-11,16-18H2,1-4H3,(H2,27,32). The number of rotatable bonds is 11. The van der Waals surface area contributed by atoms with E-state index in [9.17, 15) is 9.59 Å². The molecule has 6 heteroatoms. The molecule has 174 valence electrons. The first kappa shape index (κ1) is 23.9. The Morgan fingerprint density at radius 2 is 1.81 bits per heavy atom. The monoisotopic (exact) mass is 438 g/mol. The molecule has 2 heterocycles. The summed E-state index contributed by atoms with van der Waals surface area (Å²) in [5, 5.41) is 0. The highest BCUT2D eigenvalue weighted by Crippen LogP contribution is 2.35. The quantitative estimate of drug-likeness (QED) is 0.530. The normalized spacial score (nSPS) is 13.8. The number of hydrogen-bond donors (Lipinski definition) is 1. The number of aromatic nitrogens is 1. The molecule has 0 aliphatic carbocycles. The Morgan fingerprint density at radius 1 is 1.09 bits per heavy atom. The van der Waals surface area contributed by atoms with E-state index in [1.165, 1.54) is 5.69 Å². The molecule has 2 amide bonds. The number of carbonyl (C=O) groups is 2. The molecule has 1 fully saturated rings. The number of nitrogens with zero attached hydrogens (tertiary/aromatic N) is 3. The van der Waals surface area contributed by atoms with Gasteiger partial charge in [0.15, 0.2) is 0 Å². The van der Waals surface area contributed by atoms with Crippen molar-refractivity contribution in [1.29, 1.82) is 0 Å². The zero-order chi connectivity index (χ0) is 23.3. The van der Waals surface area contributed by atoms with E-state index in [1.54, 1.807) is 0 Å². The molecule has 0 bridgehead atoms. The van der Waals surface area contributed by atoms with E-state index in [2.05, 4.69) is 40.7 Å². The van der Waals surface area contributed by atoms with Crippen LogP contribution in [0.15, 0.2) is 24.3 Å². The smallest absolute Gasteiger partial charge is 0.251 e. The predicted molar refractivity (Wildman–Crippen MR) is 131 cm³/mol. The fourth-order valence-electron chi connectivity index (χ4n) is 4.80. The van der Waals surface area contributed by atoms with Crippen LogP contribution in [0.2, 0.25) is 0 Å². The van der Waals surface area contributed by atoms with Gasteiger partial charge in [0, 0.05) is 62.8 Å². The Bertz CT molecular complexity index is 944. The molecule has 0 spiro atoms. The average Bonchev–Trinajstić information content (AvgIpc) is 3.29. The number of unbranched alkanes of at least 4 members (excludes halogenated alkanes) is 2. The number of primary amides is 1. The number of anilines is 1. The van der Waals surface area contributed by atoms with Gasteiger partial charge in [0.25, 0.3) is 5.91 Å². The van der Waals surface area contributed by atoms with Gasteiger partial charge in [-0.1, -0.05) is 31.9 Å². The SMILES string of the molecule is CCCCCc1c(-c2ccc(N(C)C)cc2)c(C(N)=O)c(C)n1CCCN1CCCC1=O. The lowest BCUT2D eigenvalue weighted by Crippen LogP contribution is -2.26. The second kappa shape index (κ2) is 10.7. The van der Waals surface area contributed by atoms with E-state index in [-0.39, 0.29) is 11.8 Å². The molecule has 6 nitrogen and oxygen atoms in total. The van der Waals surface area contributed by atoms with Gasteiger partial charge in [-0.25, -0.2) is 0 Å². The molecular formula is C26H38N4O2. The van der Waals surface area contributed by atoms with Crippen LogP contribution >= 0.6 is 0 Å². The number of carbonyl (C=O) groups excluding carboxylic acids is 2. The fraction of sp³-hybridized carbons (Fsp3) is 0.538. The van der Waals surface area contributed by atoms with Crippen molar-refractivity contribution in [2.24, 2.45) is 5.73 Å². The topological polar surface area (TPSA) is 71.6 Å². The van der Waals surface area contributed by atoms with Gasteiger partial charge in [0.05, 0.1) is 5.56 Å². The minimum absolute atomic E-state index is 0.261. The van der Waals surface area contributed by atoms with Gasteiger partial charge in [0.2, 0.25) is 5.91 Å². The van der Waals surface area contributed by atoms with E-state index < -0.39 is 0 Å². The Balaban J connectivity index is 1.97. The summed E-state index contributed by atoms with van der Waals surface area (Å²) in [5.74, 6) is -0.115.